The fourth-order valence-electron chi connectivity index (χ4n) is 3.06. The first kappa shape index (κ1) is 21.5. The third-order valence-corrected chi connectivity index (χ3v) is 4.71. The van der Waals surface area contributed by atoms with Gasteiger partial charge < -0.3 is 15.7 Å². The van der Waals surface area contributed by atoms with Crippen LogP contribution in [0.1, 0.15) is 5.56 Å². The summed E-state index contributed by atoms with van der Waals surface area (Å²) in [6.45, 7) is 0. The minimum Gasteiger partial charge on any atom is -0.508 e. The van der Waals surface area contributed by atoms with E-state index in [9.17, 15) is 9.90 Å². The Kier molecular flexibility index (Phi) is 6.58. The van der Waals surface area contributed by atoms with E-state index in [0.29, 0.717) is 11.8 Å². The number of aromatic hydroxyl groups is 1. The predicted octanol–water partition coefficient (Wildman–Crippen LogP) is 4.86. The molecule has 0 radical (unpaired) electrons. The van der Waals surface area contributed by atoms with Crippen LogP contribution >= 0.6 is 0 Å². The van der Waals surface area contributed by atoms with Crippen LogP contribution in [0.4, 0.5) is 23.1 Å². The number of hydrogen-bond acceptors (Lipinski definition) is 7. The second kappa shape index (κ2) is 10.1. The Hall–Kier alpha value is -4.69. The van der Waals surface area contributed by atoms with E-state index in [1.807, 2.05) is 54.6 Å². The molecule has 0 atom stereocenters. The molecule has 0 spiro atoms. The molecule has 1 aromatic heterocycles. The van der Waals surface area contributed by atoms with E-state index < -0.39 is 5.91 Å². The first-order valence-electron chi connectivity index (χ1n) is 10.1. The standard InChI is InChI=1S/C25H21N5O3/c31-21-13-11-19(12-14-21)27-24-22(18-4-2-1-3-5-18)16-26-25(29-24)28-20-9-6-17(7-10-20)8-15-23(32)30-33/h1-16,31,33H,(H,30,32)(H2,26,27,28,29)/b15-8+. The maximum absolute atomic E-state index is 11.1. The largest absolute Gasteiger partial charge is 0.508 e. The monoisotopic (exact) mass is 439 g/mol. The molecule has 3 aromatic carbocycles. The van der Waals surface area contributed by atoms with Crippen LogP contribution in [0.5, 0.6) is 5.75 Å². The molecule has 0 saturated carbocycles. The lowest BCUT2D eigenvalue weighted by Gasteiger charge is -2.13. The Morgan fingerprint density at radius 3 is 2.21 bits per heavy atom. The lowest BCUT2D eigenvalue weighted by Crippen LogP contribution is -2.14. The molecule has 5 N–H and O–H groups in total. The second-order valence-electron chi connectivity index (χ2n) is 7.05. The van der Waals surface area contributed by atoms with Gasteiger partial charge in [-0.1, -0.05) is 42.5 Å². The van der Waals surface area contributed by atoms with E-state index in [4.69, 9.17) is 5.21 Å². The lowest BCUT2D eigenvalue weighted by atomic mass is 10.1. The third kappa shape index (κ3) is 5.72. The van der Waals surface area contributed by atoms with Gasteiger partial charge in [0.25, 0.3) is 5.91 Å². The normalized spacial score (nSPS) is 10.7. The van der Waals surface area contributed by atoms with E-state index in [1.54, 1.807) is 42.0 Å². The van der Waals surface area contributed by atoms with Crippen LogP contribution in [0.25, 0.3) is 17.2 Å². The van der Waals surface area contributed by atoms with Crippen molar-refractivity contribution in [3.8, 4) is 16.9 Å². The summed E-state index contributed by atoms with van der Waals surface area (Å²) in [4.78, 5) is 20.2. The quantitative estimate of drug-likeness (QED) is 0.121. The molecule has 1 amide bonds. The fourth-order valence-corrected chi connectivity index (χ4v) is 3.06. The van der Waals surface area contributed by atoms with Crippen molar-refractivity contribution in [3.05, 3.63) is 96.7 Å². The Labute approximate surface area is 190 Å². The van der Waals surface area contributed by atoms with Crippen molar-refractivity contribution in [2.45, 2.75) is 0 Å². The molecule has 0 bridgehead atoms. The van der Waals surface area contributed by atoms with Crippen LogP contribution in [-0.2, 0) is 4.79 Å². The van der Waals surface area contributed by atoms with Gasteiger partial charge in [-0.05, 0) is 53.6 Å². The molecule has 0 aliphatic carbocycles. The molecule has 0 fully saturated rings. The summed E-state index contributed by atoms with van der Waals surface area (Å²) in [5.74, 6) is 0.597. The summed E-state index contributed by atoms with van der Waals surface area (Å²) in [7, 11) is 0. The number of carbonyl (C=O) groups excluding carboxylic acids is 1. The molecule has 164 valence electrons. The van der Waals surface area contributed by atoms with Crippen molar-refractivity contribution < 1.29 is 15.1 Å². The summed E-state index contributed by atoms with van der Waals surface area (Å²) in [6, 6.07) is 23.8. The minimum atomic E-state index is -0.599. The van der Waals surface area contributed by atoms with Gasteiger partial charge >= 0.3 is 0 Å². The molecule has 0 saturated heterocycles. The van der Waals surface area contributed by atoms with Gasteiger partial charge in [0.2, 0.25) is 5.95 Å². The van der Waals surface area contributed by atoms with Crippen molar-refractivity contribution >= 4 is 35.1 Å². The molecule has 33 heavy (non-hydrogen) atoms. The maximum Gasteiger partial charge on any atom is 0.267 e. The number of nitrogens with one attached hydrogen (secondary N) is 3. The Morgan fingerprint density at radius 1 is 0.848 bits per heavy atom. The zero-order chi connectivity index (χ0) is 23.0. The zero-order valence-electron chi connectivity index (χ0n) is 17.4. The van der Waals surface area contributed by atoms with Crippen molar-refractivity contribution in [2.24, 2.45) is 0 Å². The van der Waals surface area contributed by atoms with Crippen LogP contribution in [0.2, 0.25) is 0 Å². The zero-order valence-corrected chi connectivity index (χ0v) is 17.4. The van der Waals surface area contributed by atoms with Crippen molar-refractivity contribution in [1.29, 1.82) is 0 Å². The third-order valence-electron chi connectivity index (χ3n) is 4.71. The highest BCUT2D eigenvalue weighted by Crippen LogP contribution is 2.30. The predicted molar refractivity (Wildman–Crippen MR) is 128 cm³/mol. The molecule has 4 rings (SSSR count). The van der Waals surface area contributed by atoms with E-state index in [1.165, 1.54) is 6.08 Å². The number of phenolic OH excluding ortho intramolecular Hbond substituents is 1. The van der Waals surface area contributed by atoms with Gasteiger partial charge in [0, 0.05) is 29.2 Å². The molecule has 8 heteroatoms. The molecule has 8 nitrogen and oxygen atoms in total. The molecule has 0 unspecified atom stereocenters. The van der Waals surface area contributed by atoms with Crippen molar-refractivity contribution in [2.75, 3.05) is 10.6 Å². The summed E-state index contributed by atoms with van der Waals surface area (Å²) in [5, 5.41) is 24.6. The molecule has 4 aromatic rings. The summed E-state index contributed by atoms with van der Waals surface area (Å²) in [6.07, 6.45) is 4.56. The Balaban J connectivity index is 1.59. The van der Waals surface area contributed by atoms with Crippen molar-refractivity contribution in [3.63, 3.8) is 0 Å². The fraction of sp³-hybridized carbons (Fsp3) is 0. The number of carbonyl (C=O) groups is 1. The van der Waals surface area contributed by atoms with Gasteiger partial charge in [-0.2, -0.15) is 4.98 Å². The highest BCUT2D eigenvalue weighted by atomic mass is 16.5. The van der Waals surface area contributed by atoms with Crippen LogP contribution in [0.3, 0.4) is 0 Å². The average Bonchev–Trinajstić information content (AvgIpc) is 2.85. The van der Waals surface area contributed by atoms with E-state index in [-0.39, 0.29) is 5.75 Å². The number of aromatic nitrogens is 2. The molecule has 0 aliphatic rings. The van der Waals surface area contributed by atoms with Gasteiger partial charge in [0.1, 0.15) is 11.6 Å². The van der Waals surface area contributed by atoms with Gasteiger partial charge in [-0.15, -0.1) is 0 Å². The van der Waals surface area contributed by atoms with Gasteiger partial charge in [0.15, 0.2) is 0 Å². The Morgan fingerprint density at radius 2 is 1.52 bits per heavy atom. The first-order valence-corrected chi connectivity index (χ1v) is 10.1. The topological polar surface area (TPSA) is 119 Å². The number of hydroxylamine groups is 1. The number of hydrogen-bond donors (Lipinski definition) is 5. The van der Waals surface area contributed by atoms with Crippen LogP contribution < -0.4 is 16.1 Å². The van der Waals surface area contributed by atoms with Gasteiger partial charge in [-0.25, -0.2) is 10.5 Å². The highest BCUT2D eigenvalue weighted by Gasteiger charge is 2.10. The van der Waals surface area contributed by atoms with E-state index in [2.05, 4.69) is 20.6 Å². The van der Waals surface area contributed by atoms with E-state index in [0.717, 1.165) is 28.1 Å². The number of nitrogens with zero attached hydrogens (tertiary/aromatic N) is 2. The number of anilines is 4. The SMILES string of the molecule is O=C(/C=C/c1ccc(Nc2ncc(-c3ccccc3)c(Nc3ccc(O)cc3)n2)cc1)NO. The average molecular weight is 439 g/mol. The molecular formula is C25H21N5O3. The Bertz CT molecular complexity index is 1260. The van der Waals surface area contributed by atoms with Gasteiger partial charge in [0.05, 0.1) is 0 Å². The summed E-state index contributed by atoms with van der Waals surface area (Å²) in [5.41, 5.74) is 5.68. The molecule has 0 aliphatic heterocycles. The highest BCUT2D eigenvalue weighted by molar-refractivity contribution is 5.90. The van der Waals surface area contributed by atoms with Gasteiger partial charge in [-0.3, -0.25) is 10.0 Å². The number of rotatable bonds is 7. The smallest absolute Gasteiger partial charge is 0.267 e. The molecular weight excluding hydrogens is 418 g/mol. The maximum atomic E-state index is 11.1. The number of amides is 1. The second-order valence-corrected chi connectivity index (χ2v) is 7.05. The lowest BCUT2D eigenvalue weighted by molar-refractivity contribution is -0.124. The van der Waals surface area contributed by atoms with Crippen molar-refractivity contribution in [1.82, 2.24) is 15.4 Å². The first-order chi connectivity index (χ1) is 16.1. The minimum absolute atomic E-state index is 0.184. The van der Waals surface area contributed by atoms with Crippen LogP contribution in [0.15, 0.2) is 91.1 Å². The van der Waals surface area contributed by atoms with Crippen LogP contribution in [0, 0.1) is 0 Å². The summed E-state index contributed by atoms with van der Waals surface area (Å²) < 4.78 is 0. The molecule has 1 heterocycles. The number of benzene rings is 3. The summed E-state index contributed by atoms with van der Waals surface area (Å²) >= 11 is 0. The van der Waals surface area contributed by atoms with E-state index >= 15 is 0 Å². The van der Waals surface area contributed by atoms with Crippen LogP contribution in [-0.4, -0.2) is 26.2 Å². The number of phenols is 1.